The van der Waals surface area contributed by atoms with Gasteiger partial charge in [-0.3, -0.25) is 0 Å². The third kappa shape index (κ3) is 3.14. The van der Waals surface area contributed by atoms with Crippen LogP contribution in [-0.2, 0) is 6.54 Å². The van der Waals surface area contributed by atoms with Crippen molar-refractivity contribution < 1.29 is 4.57 Å². The Balaban J connectivity index is 1.84. The molecule has 0 fully saturated rings. The number of aromatic nitrogens is 1. The zero-order valence-corrected chi connectivity index (χ0v) is 17.7. The molecule has 0 radical (unpaired) electrons. The zero-order valence-electron chi connectivity index (χ0n) is 16.8. The van der Waals surface area contributed by atoms with E-state index in [1.54, 1.807) is 0 Å². The predicted octanol–water partition coefficient (Wildman–Crippen LogP) is 6.00. The fraction of sp³-hybridized carbons (Fsp3) is 0.292. The number of rotatable bonds is 3. The molecule has 3 heteroatoms. The Hall–Kier alpha value is -2.26. The van der Waals surface area contributed by atoms with Crippen LogP contribution in [-0.4, -0.2) is 6.54 Å². The number of fused-ring (bicyclic) bond motifs is 2. The van der Waals surface area contributed by atoms with Gasteiger partial charge in [0.1, 0.15) is 6.54 Å². The predicted molar refractivity (Wildman–Crippen MR) is 117 cm³/mol. The van der Waals surface area contributed by atoms with Crippen LogP contribution in [0.1, 0.15) is 36.2 Å². The van der Waals surface area contributed by atoms with Crippen molar-refractivity contribution in [3.63, 3.8) is 0 Å². The molecule has 0 saturated heterocycles. The van der Waals surface area contributed by atoms with E-state index in [-0.39, 0.29) is 0 Å². The molecule has 0 unspecified atom stereocenters. The lowest BCUT2D eigenvalue weighted by molar-refractivity contribution is -0.669. The summed E-state index contributed by atoms with van der Waals surface area (Å²) in [6.45, 7) is 13.0. The van der Waals surface area contributed by atoms with Gasteiger partial charge in [0.2, 0.25) is 11.2 Å². The smallest absolute Gasteiger partial charge is 0.213 e. The SMILES string of the molecule is CCN1/C(=C/c2ccc3ccc(C)cc3[n+]2CC)Sc2cc(C)c(C)cc21. The maximum absolute atomic E-state index is 2.44. The van der Waals surface area contributed by atoms with E-state index in [0.29, 0.717) is 0 Å². The van der Waals surface area contributed by atoms with Gasteiger partial charge >= 0.3 is 0 Å². The second kappa shape index (κ2) is 7.05. The summed E-state index contributed by atoms with van der Waals surface area (Å²) in [7, 11) is 0. The summed E-state index contributed by atoms with van der Waals surface area (Å²) in [4.78, 5) is 3.80. The first kappa shape index (κ1) is 18.1. The number of hydrogen-bond donors (Lipinski definition) is 0. The molecule has 1 aliphatic rings. The van der Waals surface area contributed by atoms with E-state index >= 15 is 0 Å². The van der Waals surface area contributed by atoms with Gasteiger partial charge in [-0.05, 0) is 75.6 Å². The highest BCUT2D eigenvalue weighted by atomic mass is 32.2. The second-order valence-corrected chi connectivity index (χ2v) is 8.36. The Labute approximate surface area is 166 Å². The highest BCUT2D eigenvalue weighted by Gasteiger charge is 2.26. The first-order chi connectivity index (χ1) is 13.0. The van der Waals surface area contributed by atoms with Crippen molar-refractivity contribution in [3.8, 4) is 0 Å². The van der Waals surface area contributed by atoms with Crippen LogP contribution in [0.25, 0.3) is 17.0 Å². The zero-order chi connectivity index (χ0) is 19.1. The Morgan fingerprint density at radius 2 is 1.70 bits per heavy atom. The van der Waals surface area contributed by atoms with Crippen LogP contribution in [0.5, 0.6) is 0 Å². The van der Waals surface area contributed by atoms with E-state index in [9.17, 15) is 0 Å². The summed E-state index contributed by atoms with van der Waals surface area (Å²) < 4.78 is 2.42. The van der Waals surface area contributed by atoms with Crippen LogP contribution < -0.4 is 9.47 Å². The van der Waals surface area contributed by atoms with Crippen LogP contribution in [0.4, 0.5) is 5.69 Å². The Morgan fingerprint density at radius 1 is 0.963 bits per heavy atom. The van der Waals surface area contributed by atoms with Gasteiger partial charge < -0.3 is 4.90 Å². The molecule has 1 aliphatic heterocycles. The van der Waals surface area contributed by atoms with Crippen LogP contribution in [0, 0.1) is 20.8 Å². The average molecular weight is 376 g/mol. The van der Waals surface area contributed by atoms with E-state index in [1.165, 1.54) is 48.9 Å². The molecule has 138 valence electrons. The second-order valence-electron chi connectivity index (χ2n) is 7.30. The van der Waals surface area contributed by atoms with Gasteiger partial charge in [-0.1, -0.05) is 17.8 Å². The Bertz CT molecular complexity index is 1070. The van der Waals surface area contributed by atoms with E-state index in [1.807, 2.05) is 11.8 Å². The summed E-state index contributed by atoms with van der Waals surface area (Å²) in [5.74, 6) is 0. The minimum atomic E-state index is 0.960. The molecule has 27 heavy (non-hydrogen) atoms. The molecule has 0 N–H and O–H groups in total. The number of benzene rings is 2. The van der Waals surface area contributed by atoms with Gasteiger partial charge in [0.25, 0.3) is 0 Å². The van der Waals surface area contributed by atoms with Crippen molar-refractivity contribution in [3.05, 3.63) is 69.9 Å². The molecule has 4 rings (SSSR count). The number of thioether (sulfide) groups is 1. The molecular formula is C24H27N2S+. The van der Waals surface area contributed by atoms with Gasteiger partial charge in [-0.2, -0.15) is 4.57 Å². The van der Waals surface area contributed by atoms with Gasteiger partial charge in [0, 0.05) is 35.0 Å². The maximum atomic E-state index is 2.44. The van der Waals surface area contributed by atoms with Crippen molar-refractivity contribution in [2.45, 2.75) is 46.1 Å². The molecule has 2 aromatic carbocycles. The monoisotopic (exact) mass is 375 g/mol. The first-order valence-electron chi connectivity index (χ1n) is 9.73. The van der Waals surface area contributed by atoms with Gasteiger partial charge in [0.05, 0.1) is 10.7 Å². The summed E-state index contributed by atoms with van der Waals surface area (Å²) in [5, 5.41) is 2.61. The summed E-state index contributed by atoms with van der Waals surface area (Å²) in [6, 6.07) is 15.9. The van der Waals surface area contributed by atoms with Gasteiger partial charge in [0.15, 0.2) is 0 Å². The Morgan fingerprint density at radius 3 is 2.44 bits per heavy atom. The van der Waals surface area contributed by atoms with Crippen molar-refractivity contribution in [2.24, 2.45) is 0 Å². The number of hydrogen-bond acceptors (Lipinski definition) is 2. The van der Waals surface area contributed by atoms with Crippen LogP contribution in [0.3, 0.4) is 0 Å². The quantitative estimate of drug-likeness (QED) is 0.518. The molecule has 2 nitrogen and oxygen atoms in total. The van der Waals surface area contributed by atoms with E-state index < -0.39 is 0 Å². The molecule has 0 saturated carbocycles. The number of pyridine rings is 1. The third-order valence-corrected chi connectivity index (χ3v) is 6.57. The number of nitrogens with zero attached hydrogens (tertiary/aromatic N) is 2. The summed E-state index contributed by atoms with van der Waals surface area (Å²) >= 11 is 1.89. The minimum Gasteiger partial charge on any atom is -0.335 e. The summed E-state index contributed by atoms with van der Waals surface area (Å²) in [6.07, 6.45) is 2.35. The largest absolute Gasteiger partial charge is 0.335 e. The van der Waals surface area contributed by atoms with E-state index in [0.717, 1.165) is 13.1 Å². The normalized spacial score (nSPS) is 15.0. The maximum Gasteiger partial charge on any atom is 0.213 e. The number of anilines is 1. The Kier molecular flexibility index (Phi) is 4.73. The topological polar surface area (TPSA) is 7.12 Å². The highest BCUT2D eigenvalue weighted by Crippen LogP contribution is 2.47. The highest BCUT2D eigenvalue weighted by molar-refractivity contribution is 8.03. The van der Waals surface area contributed by atoms with Gasteiger partial charge in [-0.25, -0.2) is 0 Å². The molecule has 1 aromatic heterocycles. The lowest BCUT2D eigenvalue weighted by atomic mass is 10.1. The average Bonchev–Trinajstić information content (AvgIpc) is 2.97. The van der Waals surface area contributed by atoms with Crippen molar-refractivity contribution in [2.75, 3.05) is 11.4 Å². The van der Waals surface area contributed by atoms with Crippen molar-refractivity contribution in [1.29, 1.82) is 0 Å². The molecule has 3 aromatic rings. The summed E-state index contributed by atoms with van der Waals surface area (Å²) in [5.41, 5.74) is 7.94. The van der Waals surface area contributed by atoms with Gasteiger partial charge in [-0.15, -0.1) is 0 Å². The van der Waals surface area contributed by atoms with E-state index in [4.69, 9.17) is 0 Å². The fourth-order valence-corrected chi connectivity index (χ4v) is 5.08. The lowest BCUT2D eigenvalue weighted by Crippen LogP contribution is -2.37. The molecular weight excluding hydrogens is 348 g/mol. The fourth-order valence-electron chi connectivity index (χ4n) is 3.83. The van der Waals surface area contributed by atoms with Crippen LogP contribution in [0.15, 0.2) is 52.4 Å². The van der Waals surface area contributed by atoms with Crippen molar-refractivity contribution in [1.82, 2.24) is 0 Å². The molecule has 0 spiro atoms. The molecule has 2 heterocycles. The first-order valence-corrected chi connectivity index (χ1v) is 10.5. The van der Waals surface area contributed by atoms with Crippen LogP contribution >= 0.6 is 11.8 Å². The minimum absolute atomic E-state index is 0.960. The molecule has 0 atom stereocenters. The standard InChI is InChI=1S/C24H27N2S/c1-6-25-20(11-10-19-9-8-16(3)12-21(19)25)15-24-26(7-2)22-13-17(4)18(5)14-23(22)27-24/h8-15H,6-7H2,1-5H3/q+1. The number of aryl methyl sites for hydroxylation is 4. The molecule has 0 bridgehead atoms. The van der Waals surface area contributed by atoms with E-state index in [2.05, 4.69) is 92.6 Å². The van der Waals surface area contributed by atoms with Crippen LogP contribution in [0.2, 0.25) is 0 Å². The molecule has 0 aliphatic carbocycles. The van der Waals surface area contributed by atoms with Crippen molar-refractivity contribution >= 4 is 34.4 Å². The lowest BCUT2D eigenvalue weighted by Gasteiger charge is -2.18. The molecule has 0 amide bonds. The third-order valence-electron chi connectivity index (χ3n) is 5.47.